The summed E-state index contributed by atoms with van der Waals surface area (Å²) in [6, 6.07) is 4.64. The van der Waals surface area contributed by atoms with Gasteiger partial charge in [0.15, 0.2) is 23.5 Å². The highest BCUT2D eigenvalue weighted by molar-refractivity contribution is 9.10. The Morgan fingerprint density at radius 2 is 2.24 bits per heavy atom. The largest absolute Gasteiger partial charge is 0.480 e. The van der Waals surface area contributed by atoms with Gasteiger partial charge in [-0.25, -0.2) is 9.37 Å². The molecule has 0 fully saturated rings. The van der Waals surface area contributed by atoms with Crippen molar-refractivity contribution in [1.82, 2.24) is 15.2 Å². The maximum absolute atomic E-state index is 13.5. The van der Waals surface area contributed by atoms with Gasteiger partial charge in [-0.1, -0.05) is 15.9 Å². The number of aryl methyl sites for hydroxylation is 1. The van der Waals surface area contributed by atoms with E-state index < -0.39 is 5.82 Å². The van der Waals surface area contributed by atoms with Gasteiger partial charge in [0.05, 0.1) is 0 Å². The maximum atomic E-state index is 13.5. The number of hydrogen-bond donors (Lipinski definition) is 1. The lowest BCUT2D eigenvalue weighted by Gasteiger charge is -2.12. The first-order chi connectivity index (χ1) is 8.06. The molecule has 0 saturated heterocycles. The van der Waals surface area contributed by atoms with Crippen molar-refractivity contribution in [2.24, 2.45) is 0 Å². The number of ether oxygens (including phenoxy) is 1. The van der Waals surface area contributed by atoms with Crippen molar-refractivity contribution >= 4 is 15.9 Å². The van der Waals surface area contributed by atoms with Gasteiger partial charge in [-0.05, 0) is 32.0 Å². The summed E-state index contributed by atoms with van der Waals surface area (Å²) in [5.41, 5.74) is 0. The molecular formula is C11H11BrFN3O. The van der Waals surface area contributed by atoms with Gasteiger partial charge in [-0.2, -0.15) is 5.10 Å². The van der Waals surface area contributed by atoms with Gasteiger partial charge in [0.2, 0.25) is 0 Å². The Hall–Kier alpha value is -1.43. The van der Waals surface area contributed by atoms with E-state index in [0.717, 1.165) is 0 Å². The maximum Gasteiger partial charge on any atom is 0.166 e. The molecule has 0 spiro atoms. The predicted molar refractivity (Wildman–Crippen MR) is 64.3 cm³/mol. The van der Waals surface area contributed by atoms with E-state index in [2.05, 4.69) is 31.1 Å². The number of aromatic nitrogens is 3. The summed E-state index contributed by atoms with van der Waals surface area (Å²) in [5, 5.41) is 6.64. The first kappa shape index (κ1) is 12.0. The fraction of sp³-hybridized carbons (Fsp3) is 0.273. The molecule has 90 valence electrons. The molecule has 1 aromatic heterocycles. The smallest absolute Gasteiger partial charge is 0.166 e. The van der Waals surface area contributed by atoms with E-state index >= 15 is 0 Å². The van der Waals surface area contributed by atoms with Crippen LogP contribution in [0.1, 0.15) is 24.7 Å². The van der Waals surface area contributed by atoms with Crippen LogP contribution < -0.4 is 4.74 Å². The average molecular weight is 300 g/mol. The highest BCUT2D eigenvalue weighted by Crippen LogP contribution is 2.25. The summed E-state index contributed by atoms with van der Waals surface area (Å²) in [5.74, 6) is 0.980. The van der Waals surface area contributed by atoms with Crippen LogP contribution in [-0.4, -0.2) is 15.2 Å². The van der Waals surface area contributed by atoms with E-state index in [-0.39, 0.29) is 11.9 Å². The second-order valence-corrected chi connectivity index (χ2v) is 4.52. The Labute approximate surface area is 106 Å². The molecular weight excluding hydrogens is 289 g/mol. The fourth-order valence-electron chi connectivity index (χ4n) is 1.36. The van der Waals surface area contributed by atoms with E-state index in [1.54, 1.807) is 26.0 Å². The van der Waals surface area contributed by atoms with Crippen molar-refractivity contribution in [3.8, 4) is 5.75 Å². The summed E-state index contributed by atoms with van der Waals surface area (Å²) in [7, 11) is 0. The summed E-state index contributed by atoms with van der Waals surface area (Å²) in [6.07, 6.45) is -0.383. The molecule has 0 aliphatic carbocycles. The lowest BCUT2D eigenvalue weighted by Crippen LogP contribution is -2.06. The molecule has 1 N–H and O–H groups in total. The van der Waals surface area contributed by atoms with Crippen molar-refractivity contribution in [2.75, 3.05) is 0 Å². The molecule has 0 saturated carbocycles. The second-order valence-electron chi connectivity index (χ2n) is 3.60. The van der Waals surface area contributed by atoms with Crippen molar-refractivity contribution in [3.05, 3.63) is 40.1 Å². The van der Waals surface area contributed by atoms with Crippen LogP contribution in [0.5, 0.6) is 5.75 Å². The lowest BCUT2D eigenvalue weighted by molar-refractivity contribution is 0.207. The molecule has 1 aromatic carbocycles. The first-order valence-corrected chi connectivity index (χ1v) is 5.86. The zero-order valence-electron chi connectivity index (χ0n) is 9.37. The second kappa shape index (κ2) is 4.83. The average Bonchev–Trinajstić information content (AvgIpc) is 2.69. The van der Waals surface area contributed by atoms with E-state index in [1.165, 1.54) is 6.07 Å². The van der Waals surface area contributed by atoms with Gasteiger partial charge in [0.1, 0.15) is 5.82 Å². The Morgan fingerprint density at radius 3 is 2.82 bits per heavy atom. The highest BCUT2D eigenvalue weighted by Gasteiger charge is 2.14. The Bertz CT molecular complexity index is 529. The molecule has 0 bridgehead atoms. The zero-order chi connectivity index (χ0) is 12.4. The quantitative estimate of drug-likeness (QED) is 0.947. The number of nitrogens with one attached hydrogen (secondary N) is 1. The van der Waals surface area contributed by atoms with Gasteiger partial charge in [0, 0.05) is 4.47 Å². The Kier molecular flexibility index (Phi) is 3.42. The van der Waals surface area contributed by atoms with Gasteiger partial charge >= 0.3 is 0 Å². The minimum atomic E-state index is -0.414. The zero-order valence-corrected chi connectivity index (χ0v) is 11.0. The van der Waals surface area contributed by atoms with Crippen LogP contribution >= 0.6 is 15.9 Å². The molecule has 0 radical (unpaired) electrons. The number of rotatable bonds is 3. The van der Waals surface area contributed by atoms with Crippen LogP contribution in [0.3, 0.4) is 0 Å². The Balaban J connectivity index is 2.15. The van der Waals surface area contributed by atoms with Crippen molar-refractivity contribution in [1.29, 1.82) is 0 Å². The van der Waals surface area contributed by atoms with E-state index in [4.69, 9.17) is 4.74 Å². The monoisotopic (exact) mass is 299 g/mol. The summed E-state index contributed by atoms with van der Waals surface area (Å²) < 4.78 is 19.7. The molecule has 0 aliphatic rings. The lowest BCUT2D eigenvalue weighted by atomic mass is 10.3. The number of nitrogens with zero attached hydrogens (tertiary/aromatic N) is 2. The van der Waals surface area contributed by atoms with Crippen LogP contribution in [0.2, 0.25) is 0 Å². The molecule has 6 heteroatoms. The molecule has 0 amide bonds. The third-order valence-electron chi connectivity index (χ3n) is 2.20. The van der Waals surface area contributed by atoms with E-state index in [9.17, 15) is 4.39 Å². The predicted octanol–water partition coefficient (Wildman–Crippen LogP) is 3.15. The molecule has 1 heterocycles. The molecule has 0 unspecified atom stereocenters. The minimum absolute atomic E-state index is 0.190. The summed E-state index contributed by atoms with van der Waals surface area (Å²) in [4.78, 5) is 4.13. The van der Waals surface area contributed by atoms with Gasteiger partial charge in [-0.3, -0.25) is 5.10 Å². The third-order valence-corrected chi connectivity index (χ3v) is 2.69. The van der Waals surface area contributed by atoms with Gasteiger partial charge < -0.3 is 4.74 Å². The number of hydrogen-bond acceptors (Lipinski definition) is 3. The van der Waals surface area contributed by atoms with Gasteiger partial charge in [-0.15, -0.1) is 0 Å². The summed E-state index contributed by atoms with van der Waals surface area (Å²) >= 11 is 3.19. The third kappa shape index (κ3) is 2.82. The molecule has 4 nitrogen and oxygen atoms in total. The number of benzene rings is 1. The van der Waals surface area contributed by atoms with E-state index in [1.807, 2.05) is 0 Å². The molecule has 2 aromatic rings. The van der Waals surface area contributed by atoms with Crippen molar-refractivity contribution < 1.29 is 9.13 Å². The van der Waals surface area contributed by atoms with E-state index in [0.29, 0.717) is 16.1 Å². The number of H-pyrrole nitrogens is 1. The summed E-state index contributed by atoms with van der Waals surface area (Å²) in [6.45, 7) is 3.55. The van der Waals surface area contributed by atoms with Crippen molar-refractivity contribution in [2.45, 2.75) is 20.0 Å². The molecule has 0 aliphatic heterocycles. The molecule has 2 rings (SSSR count). The van der Waals surface area contributed by atoms with Crippen LogP contribution in [-0.2, 0) is 0 Å². The van der Waals surface area contributed by atoms with Crippen molar-refractivity contribution in [3.63, 3.8) is 0 Å². The standard InChI is InChI=1S/C11H11BrFN3O/c1-6(11-14-7(2)15-16-11)17-10-4-3-8(12)5-9(10)13/h3-6H,1-2H3,(H,14,15,16)/t6-/m0/s1. The van der Waals surface area contributed by atoms with Gasteiger partial charge in [0.25, 0.3) is 0 Å². The highest BCUT2D eigenvalue weighted by atomic mass is 79.9. The van der Waals surface area contributed by atoms with Crippen LogP contribution in [0.4, 0.5) is 4.39 Å². The number of halogens is 2. The van der Waals surface area contributed by atoms with Crippen LogP contribution in [0, 0.1) is 12.7 Å². The normalized spacial score (nSPS) is 12.5. The van der Waals surface area contributed by atoms with Crippen LogP contribution in [0.25, 0.3) is 0 Å². The first-order valence-electron chi connectivity index (χ1n) is 5.07. The SMILES string of the molecule is Cc1n[nH]c([C@H](C)Oc2ccc(Br)cc2F)n1. The molecule has 17 heavy (non-hydrogen) atoms. The van der Waals surface area contributed by atoms with Crippen LogP contribution in [0.15, 0.2) is 22.7 Å². The fourth-order valence-corrected chi connectivity index (χ4v) is 1.69. The topological polar surface area (TPSA) is 50.8 Å². The minimum Gasteiger partial charge on any atom is -0.480 e. The number of aromatic amines is 1. The Morgan fingerprint density at radius 1 is 1.47 bits per heavy atom. The molecule has 1 atom stereocenters.